The lowest BCUT2D eigenvalue weighted by atomic mass is 10.0. The zero-order valence-corrected chi connectivity index (χ0v) is 28.4. The number of anilines is 6. The van der Waals surface area contributed by atoms with Crippen molar-refractivity contribution in [1.29, 1.82) is 0 Å². The summed E-state index contributed by atoms with van der Waals surface area (Å²) in [5.41, 5.74) is 2.23. The van der Waals surface area contributed by atoms with Gasteiger partial charge in [0.05, 0.1) is 45.6 Å². The third-order valence-corrected chi connectivity index (χ3v) is 9.65. The standard InChI is InChI=1S/C29H36BrClN8O5S/c1-37-8-10-38(11-9-37)18-4-6-39(7-5-18)24-15-25(42-2)23(12-20(24)31)34-29-32-16-19(30)28(35-29)33-21-13-26-27(44-17-43-26)14-22(21)36-45(3,40)41/h12-16,18,36H,4-11,17H2,1-3H3,(H2,32,33,34,35). The van der Waals surface area contributed by atoms with Crippen LogP contribution < -0.4 is 34.5 Å². The molecule has 45 heavy (non-hydrogen) atoms. The second-order valence-electron chi connectivity index (χ2n) is 11.3. The third-order valence-electron chi connectivity index (χ3n) is 8.18. The third kappa shape index (κ3) is 7.43. The van der Waals surface area contributed by atoms with Gasteiger partial charge in [0.25, 0.3) is 0 Å². The minimum atomic E-state index is -3.58. The van der Waals surface area contributed by atoms with Crippen LogP contribution in [-0.4, -0.2) is 101 Å². The van der Waals surface area contributed by atoms with Crippen molar-refractivity contribution in [3.8, 4) is 17.2 Å². The van der Waals surface area contributed by atoms with Gasteiger partial charge >= 0.3 is 0 Å². The van der Waals surface area contributed by atoms with Crippen LogP contribution in [0.2, 0.25) is 5.02 Å². The average Bonchev–Trinajstić information content (AvgIpc) is 3.46. The molecule has 0 radical (unpaired) electrons. The van der Waals surface area contributed by atoms with Gasteiger partial charge in [0.2, 0.25) is 22.8 Å². The Morgan fingerprint density at radius 3 is 2.33 bits per heavy atom. The highest BCUT2D eigenvalue weighted by Gasteiger charge is 2.28. The highest BCUT2D eigenvalue weighted by molar-refractivity contribution is 9.10. The molecule has 3 aliphatic heterocycles. The van der Waals surface area contributed by atoms with Crippen LogP contribution in [0.1, 0.15) is 12.8 Å². The van der Waals surface area contributed by atoms with Crippen LogP contribution in [-0.2, 0) is 10.0 Å². The van der Waals surface area contributed by atoms with Gasteiger partial charge in [-0.1, -0.05) is 11.6 Å². The Morgan fingerprint density at radius 2 is 1.67 bits per heavy atom. The molecular weight excluding hydrogens is 688 g/mol. The van der Waals surface area contributed by atoms with Crippen molar-refractivity contribution in [1.82, 2.24) is 19.8 Å². The first kappa shape index (κ1) is 31.7. The van der Waals surface area contributed by atoms with Crippen molar-refractivity contribution in [2.24, 2.45) is 0 Å². The smallest absolute Gasteiger partial charge is 0.231 e. The van der Waals surface area contributed by atoms with E-state index < -0.39 is 10.0 Å². The van der Waals surface area contributed by atoms with Gasteiger partial charge < -0.3 is 34.6 Å². The largest absolute Gasteiger partial charge is 0.494 e. The summed E-state index contributed by atoms with van der Waals surface area (Å²) in [6.45, 7) is 6.39. The first-order chi connectivity index (χ1) is 21.6. The maximum atomic E-state index is 12.0. The fraction of sp³-hybridized carbons (Fsp3) is 0.448. The van der Waals surface area contributed by atoms with Crippen LogP contribution in [0.15, 0.2) is 34.9 Å². The summed E-state index contributed by atoms with van der Waals surface area (Å²) in [4.78, 5) is 16.4. The SMILES string of the molecule is COc1cc(N2CCC(N3CCN(C)CC3)CC2)c(Cl)cc1Nc1ncc(Br)c(Nc2cc3c(cc2NS(C)(=O)=O)OCO3)n1. The summed E-state index contributed by atoms with van der Waals surface area (Å²) >= 11 is 10.3. The number of nitrogens with one attached hydrogen (secondary N) is 3. The zero-order chi connectivity index (χ0) is 31.7. The zero-order valence-electron chi connectivity index (χ0n) is 25.3. The second-order valence-corrected chi connectivity index (χ2v) is 14.3. The highest BCUT2D eigenvalue weighted by Crippen LogP contribution is 2.42. The van der Waals surface area contributed by atoms with E-state index in [0.29, 0.717) is 50.0 Å². The van der Waals surface area contributed by atoms with Crippen molar-refractivity contribution in [2.75, 3.05) is 86.7 Å². The number of aromatic nitrogens is 2. The van der Waals surface area contributed by atoms with E-state index in [1.54, 1.807) is 25.4 Å². The van der Waals surface area contributed by atoms with Crippen molar-refractivity contribution in [3.05, 3.63) is 40.0 Å². The molecule has 0 unspecified atom stereocenters. The van der Waals surface area contributed by atoms with Crippen LogP contribution in [0.4, 0.5) is 34.5 Å². The highest BCUT2D eigenvalue weighted by atomic mass is 79.9. The lowest BCUT2D eigenvalue weighted by Gasteiger charge is -2.42. The predicted octanol–water partition coefficient (Wildman–Crippen LogP) is 4.70. The lowest BCUT2D eigenvalue weighted by molar-refractivity contribution is 0.0982. The minimum Gasteiger partial charge on any atom is -0.494 e. The van der Waals surface area contributed by atoms with E-state index in [1.165, 1.54) is 0 Å². The van der Waals surface area contributed by atoms with Gasteiger partial charge in [-0.3, -0.25) is 9.62 Å². The number of fused-ring (bicyclic) bond motifs is 1. The normalized spacial score (nSPS) is 17.8. The van der Waals surface area contributed by atoms with Crippen LogP contribution in [0, 0.1) is 0 Å². The molecule has 3 aliphatic rings. The number of benzene rings is 2. The molecule has 3 aromatic rings. The summed E-state index contributed by atoms with van der Waals surface area (Å²) < 4.78 is 43.8. The molecule has 2 fully saturated rings. The van der Waals surface area contributed by atoms with Crippen LogP contribution in [0.25, 0.3) is 0 Å². The molecular formula is C29H36BrClN8O5S. The van der Waals surface area contributed by atoms with Gasteiger partial charge in [0.1, 0.15) is 11.6 Å². The molecule has 1 aromatic heterocycles. The molecule has 16 heteroatoms. The fourth-order valence-corrected chi connectivity index (χ4v) is 6.94. The Balaban J connectivity index is 1.18. The first-order valence-corrected chi connectivity index (χ1v) is 17.7. The number of piperazine rings is 1. The number of hydrogen-bond acceptors (Lipinski definition) is 12. The summed E-state index contributed by atoms with van der Waals surface area (Å²) in [5.74, 6) is 2.17. The van der Waals surface area contributed by atoms with Crippen molar-refractivity contribution >= 4 is 72.1 Å². The summed E-state index contributed by atoms with van der Waals surface area (Å²) in [5, 5.41) is 6.99. The molecule has 2 aromatic carbocycles. The van der Waals surface area contributed by atoms with Crippen molar-refractivity contribution in [2.45, 2.75) is 18.9 Å². The van der Waals surface area contributed by atoms with Crippen molar-refractivity contribution < 1.29 is 22.6 Å². The molecule has 2 saturated heterocycles. The van der Waals surface area contributed by atoms with E-state index in [9.17, 15) is 8.42 Å². The van der Waals surface area contributed by atoms with Crippen LogP contribution in [0.5, 0.6) is 17.2 Å². The number of sulfonamides is 1. The van der Waals surface area contributed by atoms with Crippen LogP contribution in [0.3, 0.4) is 0 Å². The van der Waals surface area contributed by atoms with Gasteiger partial charge in [-0.05, 0) is 41.9 Å². The van der Waals surface area contributed by atoms with Crippen LogP contribution >= 0.6 is 27.5 Å². The number of ether oxygens (including phenoxy) is 3. The summed E-state index contributed by atoms with van der Waals surface area (Å²) in [7, 11) is 0.221. The van der Waals surface area contributed by atoms with Gasteiger partial charge in [-0.2, -0.15) is 4.98 Å². The molecule has 3 N–H and O–H groups in total. The summed E-state index contributed by atoms with van der Waals surface area (Å²) in [6.07, 6.45) is 4.84. The maximum Gasteiger partial charge on any atom is 0.231 e. The molecule has 0 aliphatic carbocycles. The number of nitrogens with zero attached hydrogens (tertiary/aromatic N) is 5. The molecule has 0 atom stereocenters. The topological polar surface area (TPSA) is 133 Å². The molecule has 0 amide bonds. The van der Waals surface area contributed by atoms with Crippen molar-refractivity contribution in [3.63, 3.8) is 0 Å². The van der Waals surface area contributed by atoms with E-state index >= 15 is 0 Å². The molecule has 242 valence electrons. The molecule has 0 spiro atoms. The van der Waals surface area contributed by atoms with E-state index in [0.717, 1.165) is 64.1 Å². The predicted molar refractivity (Wildman–Crippen MR) is 180 cm³/mol. The Hall–Kier alpha value is -3.24. The number of piperidine rings is 1. The Labute approximate surface area is 276 Å². The quantitative estimate of drug-likeness (QED) is 0.283. The van der Waals surface area contributed by atoms with E-state index in [-0.39, 0.29) is 18.4 Å². The molecule has 4 heterocycles. The number of hydrogen-bond donors (Lipinski definition) is 3. The van der Waals surface area contributed by atoms with E-state index in [1.807, 2.05) is 12.1 Å². The Morgan fingerprint density at radius 1 is 0.978 bits per heavy atom. The molecule has 6 rings (SSSR count). The number of methoxy groups -OCH3 is 1. The Kier molecular flexibility index (Phi) is 9.34. The van der Waals surface area contributed by atoms with Gasteiger partial charge in [-0.25, -0.2) is 13.4 Å². The number of likely N-dealkylation sites (N-methyl/N-ethyl adjacent to an activating group) is 1. The van der Waals surface area contributed by atoms with E-state index in [2.05, 4.69) is 63.0 Å². The molecule has 13 nitrogen and oxygen atoms in total. The average molecular weight is 724 g/mol. The maximum absolute atomic E-state index is 12.0. The lowest BCUT2D eigenvalue weighted by Crippen LogP contribution is -2.52. The second kappa shape index (κ2) is 13.2. The fourth-order valence-electron chi connectivity index (χ4n) is 5.80. The minimum absolute atomic E-state index is 0.0421. The summed E-state index contributed by atoms with van der Waals surface area (Å²) in [6, 6.07) is 7.59. The van der Waals surface area contributed by atoms with Gasteiger partial charge in [0, 0.05) is 69.7 Å². The van der Waals surface area contributed by atoms with Gasteiger partial charge in [0.15, 0.2) is 11.5 Å². The molecule has 0 bridgehead atoms. The molecule has 0 saturated carbocycles. The first-order valence-electron chi connectivity index (χ1n) is 14.6. The Bertz CT molecular complexity index is 1670. The number of rotatable bonds is 9. The monoisotopic (exact) mass is 722 g/mol. The number of halogens is 2. The van der Waals surface area contributed by atoms with E-state index in [4.69, 9.17) is 25.8 Å². The van der Waals surface area contributed by atoms with Gasteiger partial charge in [-0.15, -0.1) is 0 Å².